The molecular weight excluding hydrogens is 262 g/mol. The van der Waals surface area contributed by atoms with E-state index in [1.54, 1.807) is 0 Å². The average Bonchev–Trinajstić information content (AvgIpc) is 2.32. The summed E-state index contributed by atoms with van der Waals surface area (Å²) in [6, 6.07) is 0.0768. The lowest BCUT2D eigenvalue weighted by molar-refractivity contribution is -0.125. The van der Waals surface area contributed by atoms with Crippen molar-refractivity contribution in [3.8, 4) is 6.01 Å². The van der Waals surface area contributed by atoms with Crippen molar-refractivity contribution < 1.29 is 14.6 Å². The molecule has 0 fully saturated rings. The maximum atomic E-state index is 10.6. The average molecular weight is 276 g/mol. The number of carbonyl (C=O) groups excluding carboxylic acids is 1. The Morgan fingerprint density at radius 2 is 2.28 bits per heavy atom. The van der Waals surface area contributed by atoms with Gasteiger partial charge in [0.1, 0.15) is 6.10 Å². The molecule has 4 N–H and O–H groups in total. The molecule has 0 aliphatic rings. The summed E-state index contributed by atoms with van der Waals surface area (Å²) in [5.74, 6) is -0.744. The molecule has 100 valence electrons. The minimum absolute atomic E-state index is 0.0489. The van der Waals surface area contributed by atoms with Gasteiger partial charge in [-0.2, -0.15) is 15.0 Å². The van der Waals surface area contributed by atoms with Crippen LogP contribution in [0.5, 0.6) is 6.01 Å². The van der Waals surface area contributed by atoms with Crippen LogP contribution in [0.25, 0.3) is 0 Å². The van der Waals surface area contributed by atoms with Crippen LogP contribution in [0, 0.1) is 0 Å². The van der Waals surface area contributed by atoms with Gasteiger partial charge in [0.2, 0.25) is 17.1 Å². The van der Waals surface area contributed by atoms with E-state index in [1.165, 1.54) is 0 Å². The highest BCUT2D eigenvalue weighted by molar-refractivity contribution is 6.28. The third-order valence-corrected chi connectivity index (χ3v) is 1.97. The first-order valence-corrected chi connectivity index (χ1v) is 5.66. The Balaban J connectivity index is 2.64. The van der Waals surface area contributed by atoms with E-state index >= 15 is 0 Å². The number of aromatic nitrogens is 3. The molecule has 0 saturated heterocycles. The monoisotopic (exact) mass is 275 g/mol. The zero-order chi connectivity index (χ0) is 13.5. The van der Waals surface area contributed by atoms with Crippen molar-refractivity contribution in [3.05, 3.63) is 5.28 Å². The van der Waals surface area contributed by atoms with E-state index in [2.05, 4.69) is 20.3 Å². The first kappa shape index (κ1) is 14.4. The number of hydrogen-bond donors (Lipinski definition) is 3. The fraction of sp³-hybridized carbons (Fsp3) is 0.556. The summed E-state index contributed by atoms with van der Waals surface area (Å²) < 4.78 is 5.19. The van der Waals surface area contributed by atoms with Gasteiger partial charge in [-0.15, -0.1) is 0 Å². The summed E-state index contributed by atoms with van der Waals surface area (Å²) in [4.78, 5) is 22.0. The van der Waals surface area contributed by atoms with Crippen LogP contribution in [0.4, 0.5) is 5.95 Å². The molecule has 0 aromatic carbocycles. The van der Waals surface area contributed by atoms with Gasteiger partial charge < -0.3 is 20.9 Å². The molecule has 1 rings (SSSR count). The van der Waals surface area contributed by atoms with Gasteiger partial charge >= 0.3 is 6.01 Å². The number of hydrogen-bond acceptors (Lipinski definition) is 7. The number of rotatable bonds is 7. The van der Waals surface area contributed by atoms with E-state index in [1.807, 2.05) is 6.92 Å². The molecule has 1 aromatic heterocycles. The van der Waals surface area contributed by atoms with E-state index < -0.39 is 12.0 Å². The van der Waals surface area contributed by atoms with Gasteiger partial charge in [0.15, 0.2) is 0 Å². The lowest BCUT2D eigenvalue weighted by Crippen LogP contribution is -2.34. The second-order valence-corrected chi connectivity index (χ2v) is 3.70. The molecule has 9 heteroatoms. The van der Waals surface area contributed by atoms with Crippen LogP contribution in [0.1, 0.15) is 13.3 Å². The van der Waals surface area contributed by atoms with E-state index in [-0.39, 0.29) is 23.8 Å². The third-order valence-electron chi connectivity index (χ3n) is 1.80. The quantitative estimate of drug-likeness (QED) is 0.617. The molecule has 0 spiro atoms. The SMILES string of the molecule is CCCOc1nc(Cl)nc(NCC(O)C(N)=O)n1. The van der Waals surface area contributed by atoms with Crippen molar-refractivity contribution in [2.45, 2.75) is 19.4 Å². The largest absolute Gasteiger partial charge is 0.463 e. The molecule has 18 heavy (non-hydrogen) atoms. The van der Waals surface area contributed by atoms with E-state index in [0.717, 1.165) is 6.42 Å². The molecule has 8 nitrogen and oxygen atoms in total. The van der Waals surface area contributed by atoms with Gasteiger partial charge in [-0.3, -0.25) is 4.79 Å². The lowest BCUT2D eigenvalue weighted by atomic mass is 10.3. The number of nitrogens with one attached hydrogen (secondary N) is 1. The molecule has 0 bridgehead atoms. The van der Waals surface area contributed by atoms with E-state index in [9.17, 15) is 9.90 Å². The Hall–Kier alpha value is -1.67. The predicted molar refractivity (Wildman–Crippen MR) is 64.3 cm³/mol. The topological polar surface area (TPSA) is 123 Å². The molecule has 1 aromatic rings. The summed E-state index contributed by atoms with van der Waals surface area (Å²) >= 11 is 5.67. The van der Waals surface area contributed by atoms with Crippen molar-refractivity contribution in [1.82, 2.24) is 15.0 Å². The van der Waals surface area contributed by atoms with E-state index in [0.29, 0.717) is 6.61 Å². The normalized spacial score (nSPS) is 11.9. The van der Waals surface area contributed by atoms with Gasteiger partial charge in [-0.25, -0.2) is 0 Å². The summed E-state index contributed by atoms with van der Waals surface area (Å²) in [7, 11) is 0. The molecule has 0 saturated carbocycles. The fourth-order valence-corrected chi connectivity index (χ4v) is 1.11. The highest BCUT2D eigenvalue weighted by Gasteiger charge is 2.12. The Kier molecular flexibility index (Phi) is 5.53. The molecule has 0 radical (unpaired) electrons. The molecule has 0 aliphatic heterocycles. The minimum atomic E-state index is -1.33. The van der Waals surface area contributed by atoms with Gasteiger partial charge in [-0.05, 0) is 18.0 Å². The molecule has 1 amide bonds. The molecule has 1 unspecified atom stereocenters. The number of amides is 1. The highest BCUT2D eigenvalue weighted by Crippen LogP contribution is 2.11. The Labute approximate surface area is 109 Å². The van der Waals surface area contributed by atoms with Crippen LogP contribution in [-0.4, -0.2) is 45.2 Å². The second-order valence-electron chi connectivity index (χ2n) is 3.36. The zero-order valence-corrected chi connectivity index (χ0v) is 10.5. The number of aliphatic hydroxyl groups is 1. The van der Waals surface area contributed by atoms with Crippen molar-refractivity contribution in [2.75, 3.05) is 18.5 Å². The van der Waals surface area contributed by atoms with Crippen molar-refractivity contribution in [3.63, 3.8) is 0 Å². The zero-order valence-electron chi connectivity index (χ0n) is 9.76. The number of nitrogens with zero attached hydrogens (tertiary/aromatic N) is 3. The Morgan fingerprint density at radius 1 is 1.56 bits per heavy atom. The Morgan fingerprint density at radius 3 is 2.89 bits per heavy atom. The minimum Gasteiger partial charge on any atom is -0.463 e. The van der Waals surface area contributed by atoms with Crippen LogP contribution < -0.4 is 15.8 Å². The highest BCUT2D eigenvalue weighted by atomic mass is 35.5. The van der Waals surface area contributed by atoms with Crippen LogP contribution in [0.3, 0.4) is 0 Å². The fourth-order valence-electron chi connectivity index (χ4n) is 0.957. The summed E-state index contributed by atoms with van der Waals surface area (Å²) in [6.07, 6.45) is -0.535. The first-order valence-electron chi connectivity index (χ1n) is 5.28. The molecule has 0 aliphatic carbocycles. The smallest absolute Gasteiger partial charge is 0.322 e. The summed E-state index contributed by atoms with van der Waals surface area (Å²) in [6.45, 7) is 2.26. The molecule has 1 atom stereocenters. The van der Waals surface area contributed by atoms with Gasteiger partial charge in [0.25, 0.3) is 0 Å². The maximum Gasteiger partial charge on any atom is 0.322 e. The van der Waals surface area contributed by atoms with Crippen LogP contribution in [0.15, 0.2) is 0 Å². The number of anilines is 1. The van der Waals surface area contributed by atoms with Crippen LogP contribution >= 0.6 is 11.6 Å². The first-order chi connectivity index (χ1) is 8.52. The van der Waals surface area contributed by atoms with E-state index in [4.69, 9.17) is 22.1 Å². The number of halogens is 1. The molecular formula is C9H14ClN5O3. The van der Waals surface area contributed by atoms with Crippen molar-refractivity contribution in [1.29, 1.82) is 0 Å². The number of primary amides is 1. The van der Waals surface area contributed by atoms with Crippen LogP contribution in [0.2, 0.25) is 5.28 Å². The maximum absolute atomic E-state index is 10.6. The van der Waals surface area contributed by atoms with Crippen molar-refractivity contribution in [2.24, 2.45) is 5.73 Å². The third kappa shape index (κ3) is 4.68. The second kappa shape index (κ2) is 6.92. The van der Waals surface area contributed by atoms with Gasteiger partial charge in [-0.1, -0.05) is 6.92 Å². The number of aliphatic hydroxyl groups excluding tert-OH is 1. The number of carbonyl (C=O) groups is 1. The van der Waals surface area contributed by atoms with Crippen molar-refractivity contribution >= 4 is 23.5 Å². The summed E-state index contributed by atoms with van der Waals surface area (Å²) in [5, 5.41) is 11.8. The number of nitrogens with two attached hydrogens (primary N) is 1. The molecule has 1 heterocycles. The van der Waals surface area contributed by atoms with Gasteiger partial charge in [0.05, 0.1) is 13.2 Å². The summed E-state index contributed by atoms with van der Waals surface area (Å²) in [5.41, 5.74) is 4.89. The predicted octanol–water partition coefficient (Wildman–Crippen LogP) is -0.428. The lowest BCUT2D eigenvalue weighted by Gasteiger charge is -2.09. The number of ether oxygens (including phenoxy) is 1. The standard InChI is InChI=1S/C9H14ClN5O3/c1-2-3-18-9-14-7(10)13-8(15-9)12-4-5(16)6(11)17/h5,16H,2-4H2,1H3,(H2,11,17)(H,12,13,14,15). The van der Waals surface area contributed by atoms with Gasteiger partial charge in [0, 0.05) is 0 Å². The van der Waals surface area contributed by atoms with Crippen LogP contribution in [-0.2, 0) is 4.79 Å². The Bertz CT molecular complexity index is 417.